The maximum Gasteiger partial charge on any atom is 0.131 e. The maximum atomic E-state index is 13.6. The van der Waals surface area contributed by atoms with E-state index in [0.29, 0.717) is 22.4 Å². The fourth-order valence-electron chi connectivity index (χ4n) is 1.46. The number of halogens is 1. The summed E-state index contributed by atoms with van der Waals surface area (Å²) in [7, 11) is 0. The van der Waals surface area contributed by atoms with Gasteiger partial charge in [0.1, 0.15) is 5.82 Å². The van der Waals surface area contributed by atoms with Gasteiger partial charge in [-0.3, -0.25) is 4.98 Å². The molecular formula is C12H8FN3. The van der Waals surface area contributed by atoms with Crippen molar-refractivity contribution < 1.29 is 4.39 Å². The van der Waals surface area contributed by atoms with E-state index < -0.39 is 5.82 Å². The van der Waals surface area contributed by atoms with Gasteiger partial charge in [-0.05, 0) is 24.3 Å². The Labute approximate surface area is 92.0 Å². The molecule has 4 heteroatoms. The second-order valence-electron chi connectivity index (χ2n) is 3.27. The normalized spacial score (nSPS) is 9.75. The summed E-state index contributed by atoms with van der Waals surface area (Å²) in [5.74, 6) is -0.418. The highest BCUT2D eigenvalue weighted by Crippen LogP contribution is 2.26. The fourth-order valence-corrected chi connectivity index (χ4v) is 1.46. The van der Waals surface area contributed by atoms with Crippen molar-refractivity contribution in [1.82, 2.24) is 4.98 Å². The van der Waals surface area contributed by atoms with Gasteiger partial charge >= 0.3 is 0 Å². The van der Waals surface area contributed by atoms with E-state index in [1.807, 2.05) is 6.07 Å². The summed E-state index contributed by atoms with van der Waals surface area (Å²) in [6, 6.07) is 7.78. The highest BCUT2D eigenvalue weighted by atomic mass is 19.1. The van der Waals surface area contributed by atoms with Crippen LogP contribution in [0.15, 0.2) is 36.7 Å². The van der Waals surface area contributed by atoms with Crippen molar-refractivity contribution >= 4 is 5.69 Å². The Hall–Kier alpha value is -2.41. The first-order chi connectivity index (χ1) is 7.72. The topological polar surface area (TPSA) is 62.7 Å². The molecule has 0 spiro atoms. The number of rotatable bonds is 1. The molecule has 3 nitrogen and oxygen atoms in total. The van der Waals surface area contributed by atoms with E-state index in [1.54, 1.807) is 0 Å². The molecule has 0 aliphatic rings. The third kappa shape index (κ3) is 1.71. The Morgan fingerprint density at radius 2 is 2.06 bits per heavy atom. The summed E-state index contributed by atoms with van der Waals surface area (Å²) in [4.78, 5) is 3.88. The van der Waals surface area contributed by atoms with Gasteiger partial charge in [0.05, 0.1) is 11.6 Å². The third-order valence-electron chi connectivity index (χ3n) is 2.22. The molecule has 1 heterocycles. The van der Waals surface area contributed by atoms with Crippen LogP contribution in [-0.4, -0.2) is 4.98 Å². The molecule has 0 bridgehead atoms. The molecule has 1 aromatic carbocycles. The van der Waals surface area contributed by atoms with Crippen LogP contribution >= 0.6 is 0 Å². The molecule has 2 rings (SSSR count). The van der Waals surface area contributed by atoms with Crippen molar-refractivity contribution in [3.63, 3.8) is 0 Å². The summed E-state index contributed by atoms with van der Waals surface area (Å²) >= 11 is 0. The smallest absolute Gasteiger partial charge is 0.131 e. The molecule has 78 valence electrons. The molecule has 0 fully saturated rings. The minimum atomic E-state index is -0.418. The van der Waals surface area contributed by atoms with Crippen LogP contribution in [0.5, 0.6) is 0 Å². The highest BCUT2D eigenvalue weighted by molar-refractivity contribution is 5.72. The molecule has 2 N–H and O–H groups in total. The van der Waals surface area contributed by atoms with Crippen molar-refractivity contribution in [3.05, 3.63) is 48.0 Å². The zero-order chi connectivity index (χ0) is 11.5. The Bertz CT molecular complexity index is 573. The standard InChI is InChI=1S/C12H8FN3/c13-12-2-1-9(15)5-10(12)11-7-16-4-3-8(11)6-14/h1-5,7H,15H2. The monoisotopic (exact) mass is 213 g/mol. The molecule has 1 aromatic heterocycles. The quantitative estimate of drug-likeness (QED) is 0.739. The molecule has 16 heavy (non-hydrogen) atoms. The minimum Gasteiger partial charge on any atom is -0.399 e. The van der Waals surface area contributed by atoms with E-state index in [1.165, 1.54) is 36.7 Å². The molecule has 2 aromatic rings. The lowest BCUT2D eigenvalue weighted by atomic mass is 10.0. The van der Waals surface area contributed by atoms with Gasteiger partial charge in [0, 0.05) is 29.2 Å². The molecule has 0 unspecified atom stereocenters. The molecule has 0 saturated heterocycles. The van der Waals surface area contributed by atoms with Crippen LogP contribution in [0.25, 0.3) is 11.1 Å². The molecular weight excluding hydrogens is 205 g/mol. The van der Waals surface area contributed by atoms with Crippen LogP contribution < -0.4 is 5.73 Å². The van der Waals surface area contributed by atoms with Crippen molar-refractivity contribution in [3.8, 4) is 17.2 Å². The summed E-state index contributed by atoms with van der Waals surface area (Å²) in [5, 5.41) is 8.91. The number of pyridine rings is 1. The Kier molecular flexibility index (Phi) is 2.52. The van der Waals surface area contributed by atoms with Crippen molar-refractivity contribution in [2.75, 3.05) is 5.73 Å². The predicted octanol–water partition coefficient (Wildman–Crippen LogP) is 2.34. The van der Waals surface area contributed by atoms with E-state index >= 15 is 0 Å². The number of hydrogen-bond acceptors (Lipinski definition) is 3. The Morgan fingerprint density at radius 3 is 2.81 bits per heavy atom. The second-order valence-corrected chi connectivity index (χ2v) is 3.27. The number of nitriles is 1. The van der Waals surface area contributed by atoms with Crippen LogP contribution in [0.4, 0.5) is 10.1 Å². The first-order valence-corrected chi connectivity index (χ1v) is 4.62. The van der Waals surface area contributed by atoms with Crippen molar-refractivity contribution in [2.24, 2.45) is 0 Å². The summed E-state index contributed by atoms with van der Waals surface area (Å²) < 4.78 is 13.6. The van der Waals surface area contributed by atoms with Gasteiger partial charge in [0.2, 0.25) is 0 Å². The first-order valence-electron chi connectivity index (χ1n) is 4.62. The lowest BCUT2D eigenvalue weighted by Gasteiger charge is -2.05. The van der Waals surface area contributed by atoms with Gasteiger partial charge in [-0.1, -0.05) is 0 Å². The fraction of sp³-hybridized carbons (Fsp3) is 0. The van der Waals surface area contributed by atoms with Gasteiger partial charge in [-0.25, -0.2) is 4.39 Å². The lowest BCUT2D eigenvalue weighted by Crippen LogP contribution is -1.92. The number of hydrogen-bond donors (Lipinski definition) is 1. The Morgan fingerprint density at radius 1 is 1.25 bits per heavy atom. The van der Waals surface area contributed by atoms with Crippen LogP contribution in [0.1, 0.15) is 5.56 Å². The van der Waals surface area contributed by atoms with Crippen LogP contribution in [0.2, 0.25) is 0 Å². The largest absolute Gasteiger partial charge is 0.399 e. The van der Waals surface area contributed by atoms with Gasteiger partial charge < -0.3 is 5.73 Å². The average molecular weight is 213 g/mol. The number of aromatic nitrogens is 1. The molecule has 0 amide bonds. The summed E-state index contributed by atoms with van der Waals surface area (Å²) in [6.45, 7) is 0. The van der Waals surface area contributed by atoms with Crippen LogP contribution in [0, 0.1) is 17.1 Å². The van der Waals surface area contributed by atoms with Gasteiger partial charge in [-0.2, -0.15) is 5.26 Å². The number of nitrogen functional groups attached to an aromatic ring is 1. The number of anilines is 1. The van der Waals surface area contributed by atoms with Crippen molar-refractivity contribution in [2.45, 2.75) is 0 Å². The average Bonchev–Trinajstić information content (AvgIpc) is 2.32. The van der Waals surface area contributed by atoms with Crippen LogP contribution in [0.3, 0.4) is 0 Å². The summed E-state index contributed by atoms with van der Waals surface area (Å²) in [5.41, 5.74) is 7.16. The zero-order valence-corrected chi connectivity index (χ0v) is 8.31. The third-order valence-corrected chi connectivity index (χ3v) is 2.22. The molecule has 0 saturated carbocycles. The van der Waals surface area contributed by atoms with Crippen molar-refractivity contribution in [1.29, 1.82) is 5.26 Å². The second kappa shape index (κ2) is 3.99. The van der Waals surface area contributed by atoms with E-state index in [2.05, 4.69) is 4.98 Å². The van der Waals surface area contributed by atoms with E-state index in [4.69, 9.17) is 11.0 Å². The minimum absolute atomic E-state index is 0.296. The first kappa shape index (κ1) is 10.1. The molecule has 0 aliphatic heterocycles. The Balaban J connectivity index is 2.68. The van der Waals surface area contributed by atoms with Gasteiger partial charge in [0.25, 0.3) is 0 Å². The summed E-state index contributed by atoms with van der Waals surface area (Å²) in [6.07, 6.45) is 2.95. The van der Waals surface area contributed by atoms with Gasteiger partial charge in [0.15, 0.2) is 0 Å². The lowest BCUT2D eigenvalue weighted by molar-refractivity contribution is 0.631. The van der Waals surface area contributed by atoms with Crippen LogP contribution in [-0.2, 0) is 0 Å². The number of nitrogens with zero attached hydrogens (tertiary/aromatic N) is 2. The molecule has 0 atom stereocenters. The molecule has 0 aliphatic carbocycles. The maximum absolute atomic E-state index is 13.6. The van der Waals surface area contributed by atoms with E-state index in [-0.39, 0.29) is 0 Å². The number of nitrogens with two attached hydrogens (primary N) is 1. The highest BCUT2D eigenvalue weighted by Gasteiger charge is 2.09. The van der Waals surface area contributed by atoms with E-state index in [0.717, 1.165) is 0 Å². The predicted molar refractivity (Wildman–Crippen MR) is 58.8 cm³/mol. The zero-order valence-electron chi connectivity index (χ0n) is 8.31. The van der Waals surface area contributed by atoms with Gasteiger partial charge in [-0.15, -0.1) is 0 Å². The number of benzene rings is 1. The molecule has 0 radical (unpaired) electrons. The SMILES string of the molecule is N#Cc1ccncc1-c1cc(N)ccc1F. The van der Waals surface area contributed by atoms with E-state index in [9.17, 15) is 4.39 Å².